The van der Waals surface area contributed by atoms with Crippen LogP contribution in [0.4, 0.5) is 14.5 Å². The Kier molecular flexibility index (Phi) is 6.08. The molecule has 1 aromatic heterocycles. The Labute approximate surface area is 197 Å². The van der Waals surface area contributed by atoms with E-state index in [1.54, 1.807) is 6.20 Å². The number of anilines is 1. The van der Waals surface area contributed by atoms with Crippen LogP contribution in [0.3, 0.4) is 0 Å². The van der Waals surface area contributed by atoms with Gasteiger partial charge in [-0.05, 0) is 37.1 Å². The van der Waals surface area contributed by atoms with Crippen molar-refractivity contribution in [3.05, 3.63) is 81.8 Å². The summed E-state index contributed by atoms with van der Waals surface area (Å²) in [5.74, 6) is -1.37. The number of hydrogen-bond donors (Lipinski definition) is 0. The first kappa shape index (κ1) is 22.5. The summed E-state index contributed by atoms with van der Waals surface area (Å²) in [6, 6.07) is 11.5. The Morgan fingerprint density at radius 3 is 2.18 bits per heavy atom. The third-order valence-corrected chi connectivity index (χ3v) is 6.69. The molecule has 2 aliphatic rings. The normalized spacial score (nSPS) is 16.8. The fourth-order valence-corrected chi connectivity index (χ4v) is 4.86. The van der Waals surface area contributed by atoms with Crippen LogP contribution < -0.4 is 15.2 Å². The first-order valence-electron chi connectivity index (χ1n) is 11.7. The molecular weight excluding hydrogens is 438 g/mol. The summed E-state index contributed by atoms with van der Waals surface area (Å²) in [4.78, 5) is 18.1. The van der Waals surface area contributed by atoms with Crippen molar-refractivity contribution in [2.45, 2.75) is 38.8 Å². The van der Waals surface area contributed by atoms with Gasteiger partial charge in [-0.15, -0.1) is 0 Å². The lowest BCUT2D eigenvalue weighted by atomic mass is 10.1. The van der Waals surface area contributed by atoms with Gasteiger partial charge in [0.15, 0.2) is 0 Å². The summed E-state index contributed by atoms with van der Waals surface area (Å²) < 4.78 is 35.1. The van der Waals surface area contributed by atoms with E-state index in [1.807, 2.05) is 12.1 Å². The average molecular weight is 467 g/mol. The minimum atomic E-state index is -0.772. The van der Waals surface area contributed by atoms with Crippen molar-refractivity contribution < 1.29 is 13.5 Å². The molecule has 0 bridgehead atoms. The van der Waals surface area contributed by atoms with E-state index < -0.39 is 17.2 Å². The van der Waals surface area contributed by atoms with Crippen molar-refractivity contribution in [2.75, 3.05) is 31.1 Å². The van der Waals surface area contributed by atoms with Gasteiger partial charge >= 0.3 is 5.56 Å². The zero-order chi connectivity index (χ0) is 23.8. The van der Waals surface area contributed by atoms with E-state index in [9.17, 15) is 13.6 Å². The van der Waals surface area contributed by atoms with E-state index >= 15 is 0 Å². The molecule has 3 aromatic rings. The lowest BCUT2D eigenvalue weighted by Gasteiger charge is -2.38. The number of aromatic nitrogens is 2. The van der Waals surface area contributed by atoms with E-state index in [0.29, 0.717) is 24.6 Å². The largest absolute Gasteiger partial charge is 0.482 e. The number of nitrogens with zero attached hydrogens (tertiary/aromatic N) is 4. The molecule has 1 saturated heterocycles. The van der Waals surface area contributed by atoms with Crippen LogP contribution in [0.5, 0.6) is 5.75 Å². The predicted octanol–water partition coefficient (Wildman–Crippen LogP) is 3.59. The van der Waals surface area contributed by atoms with Crippen molar-refractivity contribution in [2.24, 2.45) is 0 Å². The third-order valence-electron chi connectivity index (χ3n) is 6.69. The molecule has 0 unspecified atom stereocenters. The lowest BCUT2D eigenvalue weighted by Crippen LogP contribution is -2.49. The molecule has 178 valence electrons. The Bertz CT molecular complexity index is 1210. The molecule has 0 saturated carbocycles. The molecule has 0 N–H and O–H groups in total. The summed E-state index contributed by atoms with van der Waals surface area (Å²) >= 11 is 0. The van der Waals surface area contributed by atoms with Gasteiger partial charge in [-0.2, -0.15) is 9.78 Å². The summed E-state index contributed by atoms with van der Waals surface area (Å²) in [6.07, 6.45) is 2.79. The molecule has 0 atom stereocenters. The van der Waals surface area contributed by atoms with E-state index in [-0.39, 0.29) is 17.5 Å². The standard InChI is InChI=1S/C26H28F2N4O2/c1-17(2)30-7-9-31(10-8-30)24-16-29-32(22-14-20(27)13-21(28)15-22)26(33)25(24)34-23-11-18-5-3-4-6-19(18)12-23/h3-6,13-17,23H,7-12H2,1-2H3. The van der Waals surface area contributed by atoms with Crippen LogP contribution in [-0.2, 0) is 12.8 Å². The van der Waals surface area contributed by atoms with Crippen LogP contribution in [0.15, 0.2) is 53.5 Å². The SMILES string of the molecule is CC(C)N1CCN(c2cnn(-c3cc(F)cc(F)c3)c(=O)c2OC2Cc3ccccc3C2)CC1. The third kappa shape index (κ3) is 4.42. The molecule has 1 aliphatic heterocycles. The van der Waals surface area contributed by atoms with Crippen LogP contribution >= 0.6 is 0 Å². The number of benzene rings is 2. The number of halogens is 2. The topological polar surface area (TPSA) is 50.6 Å². The predicted molar refractivity (Wildman–Crippen MR) is 127 cm³/mol. The van der Waals surface area contributed by atoms with E-state index in [2.05, 4.69) is 40.9 Å². The molecule has 0 radical (unpaired) electrons. The van der Waals surface area contributed by atoms with Gasteiger partial charge in [0.05, 0.1) is 11.9 Å². The Morgan fingerprint density at radius 1 is 0.971 bits per heavy atom. The molecule has 34 heavy (non-hydrogen) atoms. The summed E-state index contributed by atoms with van der Waals surface area (Å²) in [6.45, 7) is 7.54. The number of rotatable bonds is 5. The van der Waals surface area contributed by atoms with Crippen molar-refractivity contribution in [3.63, 3.8) is 0 Å². The number of hydrogen-bond acceptors (Lipinski definition) is 5. The minimum absolute atomic E-state index is 0.0261. The first-order valence-corrected chi connectivity index (χ1v) is 11.7. The Balaban J connectivity index is 1.51. The monoisotopic (exact) mass is 466 g/mol. The average Bonchev–Trinajstić information content (AvgIpc) is 3.22. The van der Waals surface area contributed by atoms with Gasteiger partial charge in [0.25, 0.3) is 0 Å². The lowest BCUT2D eigenvalue weighted by molar-refractivity contribution is 0.200. The molecule has 1 fully saturated rings. The number of piperazine rings is 1. The summed E-state index contributed by atoms with van der Waals surface area (Å²) in [7, 11) is 0. The molecule has 1 aliphatic carbocycles. The Morgan fingerprint density at radius 2 is 1.59 bits per heavy atom. The maximum Gasteiger partial charge on any atom is 0.316 e. The van der Waals surface area contributed by atoms with Crippen LogP contribution in [0.1, 0.15) is 25.0 Å². The van der Waals surface area contributed by atoms with E-state index in [1.165, 1.54) is 11.1 Å². The van der Waals surface area contributed by atoms with Crippen molar-refractivity contribution in [1.82, 2.24) is 14.7 Å². The molecule has 8 heteroatoms. The van der Waals surface area contributed by atoms with Gasteiger partial charge in [-0.25, -0.2) is 8.78 Å². The summed E-state index contributed by atoms with van der Waals surface area (Å²) in [5.41, 5.74) is 2.54. The van der Waals surface area contributed by atoms with Crippen molar-refractivity contribution in [1.29, 1.82) is 0 Å². The zero-order valence-electron chi connectivity index (χ0n) is 19.4. The summed E-state index contributed by atoms with van der Waals surface area (Å²) in [5, 5.41) is 4.27. The van der Waals surface area contributed by atoms with E-state index in [4.69, 9.17) is 4.74 Å². The second-order valence-electron chi connectivity index (χ2n) is 9.24. The van der Waals surface area contributed by atoms with Crippen LogP contribution in [0.25, 0.3) is 5.69 Å². The van der Waals surface area contributed by atoms with Gasteiger partial charge < -0.3 is 9.64 Å². The first-order chi connectivity index (χ1) is 16.4. The quantitative estimate of drug-likeness (QED) is 0.575. The number of ether oxygens (including phenoxy) is 1. The maximum absolute atomic E-state index is 13.9. The highest BCUT2D eigenvalue weighted by molar-refractivity contribution is 5.57. The van der Waals surface area contributed by atoms with Gasteiger partial charge in [-0.3, -0.25) is 9.69 Å². The molecule has 0 spiro atoms. The number of fused-ring (bicyclic) bond motifs is 1. The highest BCUT2D eigenvalue weighted by Gasteiger charge is 2.29. The Hall–Kier alpha value is -3.26. The highest BCUT2D eigenvalue weighted by Crippen LogP contribution is 2.30. The second kappa shape index (κ2) is 9.18. The minimum Gasteiger partial charge on any atom is -0.482 e. The van der Waals surface area contributed by atoms with Gasteiger partial charge in [0, 0.05) is 51.1 Å². The molecule has 5 rings (SSSR count). The highest BCUT2D eigenvalue weighted by atomic mass is 19.1. The zero-order valence-corrected chi connectivity index (χ0v) is 19.4. The second-order valence-corrected chi connectivity index (χ2v) is 9.24. The maximum atomic E-state index is 13.9. The fraction of sp³-hybridized carbons (Fsp3) is 0.385. The smallest absolute Gasteiger partial charge is 0.316 e. The fourth-order valence-electron chi connectivity index (χ4n) is 4.86. The van der Waals surface area contributed by atoms with Crippen LogP contribution in [0.2, 0.25) is 0 Å². The van der Waals surface area contributed by atoms with Crippen molar-refractivity contribution in [3.8, 4) is 11.4 Å². The van der Waals surface area contributed by atoms with E-state index in [0.717, 1.165) is 49.1 Å². The van der Waals surface area contributed by atoms with Crippen LogP contribution in [0, 0.1) is 11.6 Å². The molecule has 2 heterocycles. The van der Waals surface area contributed by atoms with Crippen LogP contribution in [-0.4, -0.2) is 53.0 Å². The molecular formula is C26H28F2N4O2. The van der Waals surface area contributed by atoms with Gasteiger partial charge in [0.1, 0.15) is 23.4 Å². The molecule has 0 amide bonds. The molecule has 6 nitrogen and oxygen atoms in total. The van der Waals surface area contributed by atoms with Gasteiger partial charge in [0.2, 0.25) is 5.75 Å². The van der Waals surface area contributed by atoms with Gasteiger partial charge in [-0.1, -0.05) is 24.3 Å². The van der Waals surface area contributed by atoms with Crippen molar-refractivity contribution >= 4 is 5.69 Å². The molecule has 2 aromatic carbocycles.